The zero-order chi connectivity index (χ0) is 19.8. The smallest absolute Gasteiger partial charge is 0.161 e. The summed E-state index contributed by atoms with van der Waals surface area (Å²) in [5.41, 5.74) is 1.96. The number of aromatic nitrogens is 1. The Morgan fingerprint density at radius 1 is 1.21 bits per heavy atom. The van der Waals surface area contributed by atoms with Crippen LogP contribution in [0.4, 0.5) is 0 Å². The molecule has 1 aromatic carbocycles. The van der Waals surface area contributed by atoms with Crippen LogP contribution in [0.25, 0.3) is 0 Å². The van der Waals surface area contributed by atoms with E-state index in [0.29, 0.717) is 29.7 Å². The number of unbranched alkanes of at least 4 members (excludes halogenated alkanes) is 1. The highest BCUT2D eigenvalue weighted by Crippen LogP contribution is 2.31. The van der Waals surface area contributed by atoms with Gasteiger partial charge in [-0.15, -0.1) is 0 Å². The molecule has 1 aliphatic heterocycles. The molecule has 0 spiro atoms. The maximum atomic E-state index is 11.5. The number of carbonyl (C=O) groups is 1. The third kappa shape index (κ3) is 5.32. The Morgan fingerprint density at radius 3 is 2.86 bits per heavy atom. The predicted molar refractivity (Wildman–Crippen MR) is 110 cm³/mol. The van der Waals surface area contributed by atoms with Crippen molar-refractivity contribution in [1.82, 2.24) is 9.88 Å². The largest absolute Gasteiger partial charge is 0.493 e. The molecule has 1 unspecified atom stereocenters. The van der Waals surface area contributed by atoms with Crippen molar-refractivity contribution >= 4 is 5.78 Å². The summed E-state index contributed by atoms with van der Waals surface area (Å²) in [7, 11) is 1.60. The molecule has 0 bridgehead atoms. The fourth-order valence-corrected chi connectivity index (χ4v) is 3.81. The van der Waals surface area contributed by atoms with Crippen LogP contribution in [-0.2, 0) is 0 Å². The first-order chi connectivity index (χ1) is 13.7. The van der Waals surface area contributed by atoms with Crippen LogP contribution in [0, 0.1) is 0 Å². The quantitative estimate of drug-likeness (QED) is 0.466. The first-order valence-electron chi connectivity index (χ1n) is 10.1. The lowest BCUT2D eigenvalue weighted by Crippen LogP contribution is -2.34. The molecule has 2 heterocycles. The van der Waals surface area contributed by atoms with Crippen LogP contribution in [0.15, 0.2) is 42.7 Å². The van der Waals surface area contributed by atoms with Crippen LogP contribution in [0.1, 0.15) is 61.0 Å². The van der Waals surface area contributed by atoms with Crippen molar-refractivity contribution in [1.29, 1.82) is 0 Å². The van der Waals surface area contributed by atoms with Crippen LogP contribution in [-0.4, -0.2) is 42.5 Å². The summed E-state index contributed by atoms with van der Waals surface area (Å²) in [5, 5.41) is 0. The fourth-order valence-electron chi connectivity index (χ4n) is 3.81. The Hall–Kier alpha value is -2.40. The summed E-state index contributed by atoms with van der Waals surface area (Å²) in [6.45, 7) is 4.42. The van der Waals surface area contributed by atoms with Crippen LogP contribution < -0.4 is 9.47 Å². The molecular formula is C23H30N2O3. The van der Waals surface area contributed by atoms with Gasteiger partial charge in [-0.05, 0) is 75.5 Å². The van der Waals surface area contributed by atoms with E-state index in [-0.39, 0.29) is 5.78 Å². The molecule has 0 amide bonds. The summed E-state index contributed by atoms with van der Waals surface area (Å²) < 4.78 is 11.3. The first-order valence-corrected chi connectivity index (χ1v) is 10.1. The number of methoxy groups -OCH3 is 1. The van der Waals surface area contributed by atoms with E-state index in [1.807, 2.05) is 24.5 Å². The van der Waals surface area contributed by atoms with Gasteiger partial charge >= 0.3 is 0 Å². The highest BCUT2D eigenvalue weighted by atomic mass is 16.5. The number of ether oxygens (including phenoxy) is 2. The molecule has 1 saturated heterocycles. The minimum atomic E-state index is 0.0227. The number of pyridine rings is 1. The third-order valence-electron chi connectivity index (χ3n) is 5.35. The molecular weight excluding hydrogens is 352 g/mol. The van der Waals surface area contributed by atoms with Crippen molar-refractivity contribution in [2.45, 2.75) is 45.1 Å². The van der Waals surface area contributed by atoms with Gasteiger partial charge in [0, 0.05) is 24.0 Å². The molecule has 1 aromatic heterocycles. The lowest BCUT2D eigenvalue weighted by atomic mass is 9.96. The molecule has 3 rings (SSSR count). The van der Waals surface area contributed by atoms with Crippen molar-refractivity contribution in [2.24, 2.45) is 0 Å². The van der Waals surface area contributed by atoms with Crippen LogP contribution in [0.3, 0.4) is 0 Å². The number of likely N-dealkylation sites (tertiary alicyclic amines) is 1. The SMILES string of the molecule is COc1cc(C(C)=O)ccc1OCCCCN1CCCCC1c1cccnc1. The molecule has 0 aliphatic carbocycles. The number of hydrogen-bond donors (Lipinski definition) is 0. The number of carbonyl (C=O) groups excluding carboxylic acids is 1. The Labute approximate surface area is 167 Å². The topological polar surface area (TPSA) is 51.7 Å². The van der Waals surface area contributed by atoms with E-state index in [0.717, 1.165) is 25.9 Å². The molecule has 1 aliphatic rings. The van der Waals surface area contributed by atoms with Crippen molar-refractivity contribution in [3.05, 3.63) is 53.9 Å². The minimum absolute atomic E-state index is 0.0227. The van der Waals surface area contributed by atoms with Gasteiger partial charge in [-0.3, -0.25) is 14.7 Å². The molecule has 1 fully saturated rings. The fraction of sp³-hybridized carbons (Fsp3) is 0.478. The van der Waals surface area contributed by atoms with Gasteiger partial charge in [-0.2, -0.15) is 0 Å². The number of ketones is 1. The second kappa shape index (κ2) is 10.2. The van der Waals surface area contributed by atoms with Gasteiger partial charge in [-0.1, -0.05) is 12.5 Å². The number of benzene rings is 1. The second-order valence-electron chi connectivity index (χ2n) is 7.31. The molecule has 0 radical (unpaired) electrons. The summed E-state index contributed by atoms with van der Waals surface area (Å²) in [6.07, 6.45) is 9.68. The molecule has 0 N–H and O–H groups in total. The van der Waals surface area contributed by atoms with E-state index >= 15 is 0 Å². The first kappa shape index (κ1) is 20.3. The van der Waals surface area contributed by atoms with Crippen LogP contribution in [0.5, 0.6) is 11.5 Å². The van der Waals surface area contributed by atoms with Gasteiger partial charge < -0.3 is 9.47 Å². The zero-order valence-electron chi connectivity index (χ0n) is 16.9. The molecule has 5 nitrogen and oxygen atoms in total. The van der Waals surface area contributed by atoms with Crippen molar-refractivity contribution < 1.29 is 14.3 Å². The molecule has 150 valence electrons. The number of nitrogens with zero attached hydrogens (tertiary/aromatic N) is 2. The maximum absolute atomic E-state index is 11.5. The van der Waals surface area contributed by atoms with Crippen molar-refractivity contribution in [3.63, 3.8) is 0 Å². The van der Waals surface area contributed by atoms with E-state index < -0.39 is 0 Å². The Balaban J connectivity index is 1.47. The van der Waals surface area contributed by atoms with Gasteiger partial charge in [0.1, 0.15) is 0 Å². The summed E-state index contributed by atoms with van der Waals surface area (Å²) in [6, 6.07) is 10.0. The lowest BCUT2D eigenvalue weighted by molar-refractivity contribution is 0.101. The summed E-state index contributed by atoms with van der Waals surface area (Å²) in [5.74, 6) is 1.33. The number of piperidine rings is 1. The molecule has 28 heavy (non-hydrogen) atoms. The van der Waals surface area contributed by atoms with Gasteiger partial charge in [0.05, 0.1) is 13.7 Å². The Morgan fingerprint density at radius 2 is 2.11 bits per heavy atom. The average molecular weight is 383 g/mol. The number of rotatable bonds is 9. The third-order valence-corrected chi connectivity index (χ3v) is 5.35. The van der Waals surface area contributed by atoms with Gasteiger partial charge in [-0.25, -0.2) is 0 Å². The van der Waals surface area contributed by atoms with Crippen LogP contribution in [0.2, 0.25) is 0 Å². The predicted octanol–water partition coefficient (Wildman–Crippen LogP) is 4.68. The van der Waals surface area contributed by atoms with E-state index in [9.17, 15) is 4.79 Å². The maximum Gasteiger partial charge on any atom is 0.161 e. The Bertz CT molecular complexity index is 764. The average Bonchev–Trinajstić information content (AvgIpc) is 2.74. The van der Waals surface area contributed by atoms with Crippen LogP contribution >= 0.6 is 0 Å². The zero-order valence-corrected chi connectivity index (χ0v) is 16.9. The highest BCUT2D eigenvalue weighted by Gasteiger charge is 2.23. The van der Waals surface area contributed by atoms with Crippen molar-refractivity contribution in [2.75, 3.05) is 26.8 Å². The molecule has 5 heteroatoms. The van der Waals surface area contributed by atoms with E-state index in [2.05, 4.69) is 16.0 Å². The van der Waals surface area contributed by atoms with E-state index in [4.69, 9.17) is 9.47 Å². The lowest BCUT2D eigenvalue weighted by Gasteiger charge is -2.35. The summed E-state index contributed by atoms with van der Waals surface area (Å²) in [4.78, 5) is 18.4. The van der Waals surface area contributed by atoms with Crippen molar-refractivity contribution in [3.8, 4) is 11.5 Å². The molecule has 2 aromatic rings. The second-order valence-corrected chi connectivity index (χ2v) is 7.31. The number of Topliss-reactive ketones (excluding diaryl/α,β-unsaturated/α-hetero) is 1. The van der Waals surface area contributed by atoms with Gasteiger partial charge in [0.2, 0.25) is 0 Å². The van der Waals surface area contributed by atoms with E-state index in [1.165, 1.54) is 24.8 Å². The molecule has 1 atom stereocenters. The highest BCUT2D eigenvalue weighted by molar-refractivity contribution is 5.94. The van der Waals surface area contributed by atoms with Gasteiger partial charge in [0.25, 0.3) is 0 Å². The van der Waals surface area contributed by atoms with Gasteiger partial charge in [0.15, 0.2) is 17.3 Å². The normalized spacial score (nSPS) is 17.3. The Kier molecular flexibility index (Phi) is 7.43. The van der Waals surface area contributed by atoms with E-state index in [1.54, 1.807) is 26.2 Å². The monoisotopic (exact) mass is 382 g/mol. The minimum Gasteiger partial charge on any atom is -0.493 e. The standard InChI is InChI=1S/C23H30N2O3/c1-18(26)19-10-11-22(23(16-19)27-2)28-15-6-5-14-25-13-4-3-9-21(25)20-8-7-12-24-17-20/h7-8,10-12,16-17,21H,3-6,9,13-15H2,1-2H3. The summed E-state index contributed by atoms with van der Waals surface area (Å²) >= 11 is 0. The number of hydrogen-bond acceptors (Lipinski definition) is 5. The molecule has 0 saturated carbocycles.